The number of fused-ring (bicyclic) bond motifs is 6. The van der Waals surface area contributed by atoms with E-state index >= 15 is 0 Å². The highest BCUT2D eigenvalue weighted by molar-refractivity contribution is 6.12. The molecule has 0 atom stereocenters. The molecule has 0 radical (unpaired) electrons. The third-order valence-electron chi connectivity index (χ3n) is 8.99. The van der Waals surface area contributed by atoms with E-state index in [1.165, 1.54) is 21.9 Å². The molecule has 8 aromatic rings. The SMILES string of the molecule is CC(C)(C)c1ccc2c(c1)c1cc(C(C)(C)C)ccc1n2-c1nnc(-c2cc3ccccc3o2)c2cc3ccccc3cc12. The van der Waals surface area contributed by atoms with Gasteiger partial charge in [0.15, 0.2) is 11.6 Å². The summed E-state index contributed by atoms with van der Waals surface area (Å²) in [6, 6.07) is 36.9. The van der Waals surface area contributed by atoms with Crippen LogP contribution in [0.15, 0.2) is 108 Å². The van der Waals surface area contributed by atoms with Crippen LogP contribution in [0.25, 0.3) is 71.6 Å². The predicted octanol–water partition coefficient (Wildman–Crippen LogP) is 10.9. The van der Waals surface area contributed by atoms with Crippen LogP contribution in [0.2, 0.25) is 0 Å². The van der Waals surface area contributed by atoms with Crippen molar-refractivity contribution in [1.29, 1.82) is 0 Å². The van der Waals surface area contributed by atoms with Crippen molar-refractivity contribution >= 4 is 54.3 Å². The summed E-state index contributed by atoms with van der Waals surface area (Å²) in [6.45, 7) is 13.6. The first-order valence-corrected chi connectivity index (χ1v) is 15.3. The second-order valence-electron chi connectivity index (χ2n) is 14.1. The van der Waals surface area contributed by atoms with Gasteiger partial charge in [-0.3, -0.25) is 4.57 Å². The summed E-state index contributed by atoms with van der Waals surface area (Å²) >= 11 is 0. The van der Waals surface area contributed by atoms with Crippen molar-refractivity contribution in [2.24, 2.45) is 0 Å². The van der Waals surface area contributed by atoms with E-state index in [0.717, 1.165) is 60.8 Å². The van der Waals surface area contributed by atoms with Crippen LogP contribution >= 0.6 is 0 Å². The van der Waals surface area contributed by atoms with Crippen LogP contribution in [0.1, 0.15) is 52.7 Å². The summed E-state index contributed by atoms with van der Waals surface area (Å²) in [5, 5.41) is 17.8. The van der Waals surface area contributed by atoms with Crippen molar-refractivity contribution < 1.29 is 4.42 Å². The lowest BCUT2D eigenvalue weighted by molar-refractivity contribution is 0.590. The maximum absolute atomic E-state index is 6.33. The zero-order chi connectivity index (χ0) is 30.4. The largest absolute Gasteiger partial charge is 0.454 e. The Morgan fingerprint density at radius 1 is 0.523 bits per heavy atom. The van der Waals surface area contributed by atoms with Crippen molar-refractivity contribution in [3.05, 3.63) is 114 Å². The zero-order valence-electron chi connectivity index (χ0n) is 26.1. The summed E-state index contributed by atoms with van der Waals surface area (Å²) in [5.74, 6) is 1.54. The molecule has 5 aromatic carbocycles. The number of benzene rings is 5. The van der Waals surface area contributed by atoms with Gasteiger partial charge in [-0.2, -0.15) is 0 Å². The molecule has 8 rings (SSSR count). The number of para-hydroxylation sites is 1. The Balaban J connectivity index is 1.48. The number of furan rings is 1. The van der Waals surface area contributed by atoms with E-state index in [4.69, 9.17) is 14.6 Å². The van der Waals surface area contributed by atoms with E-state index in [1.54, 1.807) is 0 Å². The molecule has 3 aromatic heterocycles. The lowest BCUT2D eigenvalue weighted by Gasteiger charge is -2.19. The third kappa shape index (κ3) is 4.12. The van der Waals surface area contributed by atoms with Crippen LogP contribution in [0.3, 0.4) is 0 Å². The van der Waals surface area contributed by atoms with E-state index < -0.39 is 0 Å². The molecule has 0 aliphatic heterocycles. The van der Waals surface area contributed by atoms with Crippen molar-refractivity contribution in [3.8, 4) is 17.3 Å². The van der Waals surface area contributed by atoms with Gasteiger partial charge in [-0.1, -0.05) is 96.1 Å². The molecule has 3 heterocycles. The minimum absolute atomic E-state index is 0.0316. The van der Waals surface area contributed by atoms with Crippen LogP contribution in [0.5, 0.6) is 0 Å². The molecule has 0 spiro atoms. The molecule has 44 heavy (non-hydrogen) atoms. The highest BCUT2D eigenvalue weighted by Crippen LogP contribution is 2.40. The molecular weight excluding hydrogens is 538 g/mol. The maximum Gasteiger partial charge on any atom is 0.168 e. The topological polar surface area (TPSA) is 43.9 Å². The molecule has 0 aliphatic rings. The van der Waals surface area contributed by atoms with E-state index in [-0.39, 0.29) is 10.8 Å². The highest BCUT2D eigenvalue weighted by atomic mass is 16.3. The van der Waals surface area contributed by atoms with E-state index in [9.17, 15) is 0 Å². The molecule has 4 nitrogen and oxygen atoms in total. The first-order chi connectivity index (χ1) is 21.1. The first kappa shape index (κ1) is 26.7. The second kappa shape index (κ2) is 9.27. The van der Waals surface area contributed by atoms with Gasteiger partial charge in [-0.15, -0.1) is 10.2 Å². The lowest BCUT2D eigenvalue weighted by atomic mass is 9.85. The molecule has 4 heteroatoms. The number of hydrogen-bond donors (Lipinski definition) is 0. The quantitative estimate of drug-likeness (QED) is 0.193. The molecule has 0 unspecified atom stereocenters. The van der Waals surface area contributed by atoms with E-state index in [2.05, 4.69) is 131 Å². The molecule has 0 saturated carbocycles. The fourth-order valence-electron chi connectivity index (χ4n) is 6.46. The Morgan fingerprint density at radius 3 is 1.64 bits per heavy atom. The number of hydrogen-bond acceptors (Lipinski definition) is 3. The molecule has 0 bridgehead atoms. The maximum atomic E-state index is 6.33. The van der Waals surface area contributed by atoms with Crippen molar-refractivity contribution in [3.63, 3.8) is 0 Å². The Bertz CT molecular complexity index is 2310. The minimum atomic E-state index is 0.0316. The summed E-state index contributed by atoms with van der Waals surface area (Å²) < 4.78 is 8.63. The Labute approximate surface area is 256 Å². The van der Waals surface area contributed by atoms with Crippen molar-refractivity contribution in [2.75, 3.05) is 0 Å². The fraction of sp³-hybridized carbons (Fsp3) is 0.200. The van der Waals surface area contributed by atoms with Gasteiger partial charge in [0, 0.05) is 26.9 Å². The molecule has 0 fully saturated rings. The van der Waals surface area contributed by atoms with Gasteiger partial charge in [0.05, 0.1) is 11.0 Å². The monoisotopic (exact) mass is 573 g/mol. The van der Waals surface area contributed by atoms with Crippen LogP contribution in [0.4, 0.5) is 0 Å². The third-order valence-corrected chi connectivity index (χ3v) is 8.99. The summed E-state index contributed by atoms with van der Waals surface area (Å²) in [5.41, 5.74) is 6.53. The fourth-order valence-corrected chi connectivity index (χ4v) is 6.46. The van der Waals surface area contributed by atoms with Gasteiger partial charge in [0.25, 0.3) is 0 Å². The summed E-state index contributed by atoms with van der Waals surface area (Å²) in [6.07, 6.45) is 0. The standard InChI is InChI=1S/C40H35N3O/c1-39(2,3)27-15-17-33-29(22-27)30-23-28(40(4,5)6)16-18-34(30)43(33)38-32-20-25-12-8-7-11-24(25)19-31(32)37(41-42-38)36-21-26-13-9-10-14-35(26)44-36/h7-23H,1-6H3. The van der Waals surface area contributed by atoms with Gasteiger partial charge < -0.3 is 4.42 Å². The average Bonchev–Trinajstić information content (AvgIpc) is 3.57. The number of nitrogens with zero attached hydrogens (tertiary/aromatic N) is 3. The highest BCUT2D eigenvalue weighted by Gasteiger charge is 2.23. The van der Waals surface area contributed by atoms with Crippen LogP contribution < -0.4 is 0 Å². The molecule has 0 N–H and O–H groups in total. The van der Waals surface area contributed by atoms with Crippen LogP contribution in [0, 0.1) is 0 Å². The lowest BCUT2D eigenvalue weighted by Crippen LogP contribution is -2.10. The van der Waals surface area contributed by atoms with Gasteiger partial charge in [-0.05, 0) is 81.3 Å². The zero-order valence-corrected chi connectivity index (χ0v) is 26.1. The smallest absolute Gasteiger partial charge is 0.168 e. The van der Waals surface area contributed by atoms with E-state index in [1.807, 2.05) is 18.2 Å². The molecule has 0 aliphatic carbocycles. The first-order valence-electron chi connectivity index (χ1n) is 15.3. The molecular formula is C40H35N3O. The van der Waals surface area contributed by atoms with Gasteiger partial charge in [-0.25, -0.2) is 0 Å². The second-order valence-corrected chi connectivity index (χ2v) is 14.1. The van der Waals surface area contributed by atoms with Gasteiger partial charge >= 0.3 is 0 Å². The van der Waals surface area contributed by atoms with Crippen molar-refractivity contribution in [1.82, 2.24) is 14.8 Å². The van der Waals surface area contributed by atoms with Gasteiger partial charge in [0.2, 0.25) is 0 Å². The van der Waals surface area contributed by atoms with Crippen LogP contribution in [-0.2, 0) is 10.8 Å². The summed E-state index contributed by atoms with van der Waals surface area (Å²) in [4.78, 5) is 0. The van der Waals surface area contributed by atoms with Crippen molar-refractivity contribution in [2.45, 2.75) is 52.4 Å². The van der Waals surface area contributed by atoms with Gasteiger partial charge in [0.1, 0.15) is 11.3 Å². The Hall–Kier alpha value is -4.96. The molecule has 0 amide bonds. The molecule has 216 valence electrons. The average molecular weight is 574 g/mol. The van der Waals surface area contributed by atoms with Crippen LogP contribution in [-0.4, -0.2) is 14.8 Å². The minimum Gasteiger partial charge on any atom is -0.454 e. The predicted molar refractivity (Wildman–Crippen MR) is 184 cm³/mol. The molecule has 0 saturated heterocycles. The Morgan fingerprint density at radius 2 is 1.07 bits per heavy atom. The normalized spacial score (nSPS) is 12.8. The number of aromatic nitrogens is 3. The summed E-state index contributed by atoms with van der Waals surface area (Å²) in [7, 11) is 0. The van der Waals surface area contributed by atoms with E-state index in [0.29, 0.717) is 0 Å². The Kier molecular flexibility index (Phi) is 5.61. The number of rotatable bonds is 2.